The van der Waals surface area contributed by atoms with Gasteiger partial charge in [-0.25, -0.2) is 0 Å². The molecule has 0 N–H and O–H groups in total. The van der Waals surface area contributed by atoms with E-state index in [1.807, 2.05) is 0 Å². The van der Waals surface area contributed by atoms with Crippen molar-refractivity contribution >= 4 is 17.9 Å². The molecule has 0 bridgehead atoms. The number of unbranched alkanes of at least 4 members (excludes halogenated alkanes) is 27. The van der Waals surface area contributed by atoms with Gasteiger partial charge in [0.05, 0.1) is 0 Å². The second kappa shape index (κ2) is 54.5. The summed E-state index contributed by atoms with van der Waals surface area (Å²) in [5, 5.41) is 0. The largest absolute Gasteiger partial charge is 0.462 e. The Kier molecular flexibility index (Phi) is 51.9. The topological polar surface area (TPSA) is 78.9 Å². The molecule has 1 unspecified atom stereocenters. The van der Waals surface area contributed by atoms with E-state index in [9.17, 15) is 14.4 Å². The summed E-state index contributed by atoms with van der Waals surface area (Å²) >= 11 is 0. The highest BCUT2D eigenvalue weighted by Crippen LogP contribution is 2.16. The molecule has 0 aromatic heterocycles. The smallest absolute Gasteiger partial charge is 0.306 e. The first-order valence-corrected chi connectivity index (χ1v) is 27.9. The Hall–Kier alpha value is -3.15. The van der Waals surface area contributed by atoms with Gasteiger partial charge in [0.2, 0.25) is 0 Å². The molecule has 0 aliphatic heterocycles. The van der Waals surface area contributed by atoms with E-state index in [0.29, 0.717) is 19.3 Å². The molecule has 0 aliphatic rings. The summed E-state index contributed by atoms with van der Waals surface area (Å²) in [5.41, 5.74) is 0. The average Bonchev–Trinajstić information content (AvgIpc) is 3.31. The number of allylic oxidation sites excluding steroid dienone is 12. The maximum atomic E-state index is 12.8. The SMILES string of the molecule is CC/C=C\C/C=C\C/C=C\C/C=C\C/C=C\CCCC(=O)OCC(COC(=O)CCCCCCC/C=C\CCCCCCCC)OC(=O)CCCCCCCCCCCCCCCCCC. The summed E-state index contributed by atoms with van der Waals surface area (Å²) in [6, 6.07) is 0. The minimum atomic E-state index is -0.800. The highest BCUT2D eigenvalue weighted by Gasteiger charge is 2.19. The van der Waals surface area contributed by atoms with Gasteiger partial charge >= 0.3 is 17.9 Å². The van der Waals surface area contributed by atoms with E-state index in [1.54, 1.807) is 0 Å². The van der Waals surface area contributed by atoms with E-state index in [2.05, 4.69) is 93.7 Å². The third-order valence-electron chi connectivity index (χ3n) is 11.9. The number of esters is 3. The van der Waals surface area contributed by atoms with Gasteiger partial charge in [0.25, 0.3) is 0 Å². The summed E-state index contributed by atoms with van der Waals surface area (Å²) in [6.07, 6.45) is 68.9. The minimum absolute atomic E-state index is 0.0953. The Morgan fingerprint density at radius 1 is 0.318 bits per heavy atom. The molecule has 0 aromatic rings. The molecule has 0 aromatic carbocycles. The number of ether oxygens (including phenoxy) is 3. The summed E-state index contributed by atoms with van der Waals surface area (Å²) in [6.45, 7) is 6.48. The first-order chi connectivity index (χ1) is 32.5. The van der Waals surface area contributed by atoms with Gasteiger partial charge < -0.3 is 14.2 Å². The van der Waals surface area contributed by atoms with Crippen LogP contribution < -0.4 is 0 Å². The molecule has 1 atom stereocenters. The number of carbonyl (C=O) groups excluding carboxylic acids is 3. The molecule has 0 radical (unpaired) electrons. The van der Waals surface area contributed by atoms with Crippen LogP contribution in [0.15, 0.2) is 72.9 Å². The molecular weight excluding hydrogens is 817 g/mol. The van der Waals surface area contributed by atoms with Crippen molar-refractivity contribution in [3.63, 3.8) is 0 Å². The first-order valence-electron chi connectivity index (χ1n) is 27.9. The van der Waals surface area contributed by atoms with E-state index < -0.39 is 6.10 Å². The van der Waals surface area contributed by atoms with Crippen molar-refractivity contribution in [2.75, 3.05) is 13.2 Å². The van der Waals surface area contributed by atoms with Crippen LogP contribution in [0, 0.1) is 0 Å². The lowest BCUT2D eigenvalue weighted by Gasteiger charge is -2.18. The lowest BCUT2D eigenvalue weighted by molar-refractivity contribution is -0.167. The Morgan fingerprint density at radius 3 is 1.00 bits per heavy atom. The first kappa shape index (κ1) is 62.8. The zero-order valence-electron chi connectivity index (χ0n) is 43.4. The maximum absolute atomic E-state index is 12.8. The molecule has 6 heteroatoms. The number of rotatable bonds is 50. The fraction of sp³-hybridized carbons (Fsp3) is 0.750. The summed E-state index contributed by atoms with van der Waals surface area (Å²) < 4.78 is 16.8. The third-order valence-corrected chi connectivity index (χ3v) is 11.9. The van der Waals surface area contributed by atoms with Crippen LogP contribution in [-0.4, -0.2) is 37.2 Å². The molecule has 0 aliphatic carbocycles. The van der Waals surface area contributed by atoms with Crippen LogP contribution in [-0.2, 0) is 28.6 Å². The van der Waals surface area contributed by atoms with Gasteiger partial charge in [0, 0.05) is 19.3 Å². The van der Waals surface area contributed by atoms with Crippen molar-refractivity contribution in [3.8, 4) is 0 Å². The highest BCUT2D eigenvalue weighted by atomic mass is 16.6. The van der Waals surface area contributed by atoms with Crippen LogP contribution in [0.5, 0.6) is 0 Å². The van der Waals surface area contributed by atoms with Crippen LogP contribution in [0.4, 0.5) is 0 Å². The van der Waals surface area contributed by atoms with Gasteiger partial charge in [-0.05, 0) is 83.5 Å². The predicted octanol–water partition coefficient (Wildman–Crippen LogP) is 18.6. The van der Waals surface area contributed by atoms with Crippen molar-refractivity contribution in [2.24, 2.45) is 0 Å². The molecule has 380 valence electrons. The van der Waals surface area contributed by atoms with E-state index in [0.717, 1.165) is 83.5 Å². The van der Waals surface area contributed by atoms with Crippen LogP contribution >= 0.6 is 0 Å². The maximum Gasteiger partial charge on any atom is 0.306 e. The van der Waals surface area contributed by atoms with Gasteiger partial charge in [0.15, 0.2) is 6.10 Å². The van der Waals surface area contributed by atoms with E-state index in [-0.39, 0.29) is 37.5 Å². The number of carbonyl (C=O) groups is 3. The summed E-state index contributed by atoms with van der Waals surface area (Å²) in [7, 11) is 0. The van der Waals surface area contributed by atoms with Crippen molar-refractivity contribution in [3.05, 3.63) is 72.9 Å². The van der Waals surface area contributed by atoms with E-state index >= 15 is 0 Å². The fourth-order valence-corrected chi connectivity index (χ4v) is 7.77. The normalized spacial score (nSPS) is 12.6. The monoisotopic (exact) mass is 921 g/mol. The highest BCUT2D eigenvalue weighted by molar-refractivity contribution is 5.71. The standard InChI is InChI=1S/C60H104O6/c1-4-7-10-13-16-19-22-25-28-30-33-35-38-41-44-47-50-53-59(62)65-56-57(55-64-58(61)52-49-46-43-40-37-34-31-27-24-21-18-15-12-9-6-3)66-60(63)54-51-48-45-42-39-36-32-29-26-23-20-17-14-11-8-5-2/h7,10,16,19,25,27-28,31,33,35,41,44,57H,4-6,8-9,11-15,17-18,20-24,26,29-30,32,34,36-40,42-43,45-56H2,1-3H3/b10-7-,19-16-,28-25-,31-27-,35-33-,44-41-. The molecule has 0 saturated heterocycles. The third kappa shape index (κ3) is 51.8. The van der Waals surface area contributed by atoms with E-state index in [1.165, 1.54) is 141 Å². The van der Waals surface area contributed by atoms with Crippen molar-refractivity contribution < 1.29 is 28.6 Å². The molecule has 0 amide bonds. The molecule has 0 heterocycles. The van der Waals surface area contributed by atoms with Crippen LogP contribution in [0.25, 0.3) is 0 Å². The van der Waals surface area contributed by atoms with Gasteiger partial charge in [-0.1, -0.05) is 241 Å². The van der Waals surface area contributed by atoms with Gasteiger partial charge in [0.1, 0.15) is 13.2 Å². The zero-order valence-corrected chi connectivity index (χ0v) is 43.4. The summed E-state index contributed by atoms with van der Waals surface area (Å²) in [5.74, 6) is -0.955. The Balaban J connectivity index is 4.46. The van der Waals surface area contributed by atoms with Crippen LogP contribution in [0.2, 0.25) is 0 Å². The lowest BCUT2D eigenvalue weighted by atomic mass is 10.0. The van der Waals surface area contributed by atoms with Crippen LogP contribution in [0.3, 0.4) is 0 Å². The molecule has 0 rings (SSSR count). The molecule has 0 fully saturated rings. The van der Waals surface area contributed by atoms with Gasteiger partial charge in [-0.2, -0.15) is 0 Å². The number of hydrogen-bond acceptors (Lipinski definition) is 6. The molecule has 66 heavy (non-hydrogen) atoms. The van der Waals surface area contributed by atoms with E-state index in [4.69, 9.17) is 14.2 Å². The second-order valence-electron chi connectivity index (χ2n) is 18.5. The second-order valence-corrected chi connectivity index (χ2v) is 18.5. The van der Waals surface area contributed by atoms with Gasteiger partial charge in [-0.3, -0.25) is 14.4 Å². The van der Waals surface area contributed by atoms with Gasteiger partial charge in [-0.15, -0.1) is 0 Å². The lowest BCUT2D eigenvalue weighted by Crippen LogP contribution is -2.30. The van der Waals surface area contributed by atoms with Crippen molar-refractivity contribution in [2.45, 2.75) is 277 Å². The number of hydrogen-bond donors (Lipinski definition) is 0. The quantitative estimate of drug-likeness (QED) is 0.0262. The Labute approximate surface area is 408 Å². The molecule has 0 spiro atoms. The molecule has 0 saturated carbocycles. The van der Waals surface area contributed by atoms with Crippen LogP contribution in [0.1, 0.15) is 271 Å². The Bertz CT molecular complexity index is 1240. The zero-order chi connectivity index (χ0) is 47.9. The predicted molar refractivity (Wildman–Crippen MR) is 284 cm³/mol. The minimum Gasteiger partial charge on any atom is -0.462 e. The Morgan fingerprint density at radius 2 is 0.606 bits per heavy atom. The summed E-state index contributed by atoms with van der Waals surface area (Å²) in [4.78, 5) is 38.1. The molecule has 6 nitrogen and oxygen atoms in total. The van der Waals surface area contributed by atoms with Crippen molar-refractivity contribution in [1.82, 2.24) is 0 Å². The molecular formula is C60H104O6. The fourth-order valence-electron chi connectivity index (χ4n) is 7.77. The average molecular weight is 921 g/mol. The van der Waals surface area contributed by atoms with Crippen molar-refractivity contribution in [1.29, 1.82) is 0 Å².